The number of nitrogen functional groups attached to an aromatic ring is 1. The van der Waals surface area contributed by atoms with Gasteiger partial charge in [0.2, 0.25) is 12.3 Å². The van der Waals surface area contributed by atoms with Crippen LogP contribution in [0.3, 0.4) is 0 Å². The number of nitrogens with two attached hydrogens (primary N) is 1. The Balaban J connectivity index is 1.96. The second-order valence-corrected chi connectivity index (χ2v) is 18.1. The van der Waals surface area contributed by atoms with Crippen LogP contribution in [-0.2, 0) is 30.3 Å². The summed E-state index contributed by atoms with van der Waals surface area (Å²) in [7, 11) is 2.07. The first-order chi connectivity index (χ1) is 27.4. The molecule has 1 aliphatic heterocycles. The number of carboxylic acids is 1. The molecule has 6 atom stereocenters. The van der Waals surface area contributed by atoms with Crippen molar-refractivity contribution in [1.29, 1.82) is 0 Å². The first-order valence-electron chi connectivity index (χ1n) is 21.1. The highest BCUT2D eigenvalue weighted by molar-refractivity contribution is 7.09. The van der Waals surface area contributed by atoms with Gasteiger partial charge in [0.05, 0.1) is 5.41 Å². The summed E-state index contributed by atoms with van der Waals surface area (Å²) in [5.41, 5.74) is 6.38. The number of carbonyl (C=O) groups excluding carboxylic acids is 4. The van der Waals surface area contributed by atoms with Gasteiger partial charge >= 0.3 is 11.9 Å². The van der Waals surface area contributed by atoms with Crippen LogP contribution in [0.5, 0.6) is 0 Å². The van der Waals surface area contributed by atoms with Crippen LogP contribution in [-0.4, -0.2) is 106 Å². The molecule has 2 aromatic rings. The van der Waals surface area contributed by atoms with E-state index in [-0.39, 0.29) is 48.4 Å². The van der Waals surface area contributed by atoms with E-state index in [2.05, 4.69) is 29.2 Å². The fourth-order valence-electron chi connectivity index (χ4n) is 7.92. The molecule has 14 heteroatoms. The summed E-state index contributed by atoms with van der Waals surface area (Å²) >= 11 is 1.20. The van der Waals surface area contributed by atoms with Gasteiger partial charge in [0.25, 0.3) is 5.91 Å². The number of thiazole rings is 1. The number of benzene rings is 1. The molecule has 0 spiro atoms. The number of hydrogen-bond donors (Lipinski definition) is 3. The van der Waals surface area contributed by atoms with Gasteiger partial charge < -0.3 is 35.6 Å². The van der Waals surface area contributed by atoms with Crippen molar-refractivity contribution in [3.05, 3.63) is 45.9 Å². The molecule has 3 rings (SSSR count). The molecule has 3 amide bonds. The van der Waals surface area contributed by atoms with Gasteiger partial charge in [-0.15, -0.1) is 11.3 Å². The third kappa shape index (κ3) is 14.1. The van der Waals surface area contributed by atoms with E-state index < -0.39 is 41.4 Å². The minimum absolute atomic E-state index is 0.0502. The van der Waals surface area contributed by atoms with Gasteiger partial charge in [0, 0.05) is 55.6 Å². The number of likely N-dealkylation sites (N-methyl/N-ethyl adjacent to an activating group) is 1. The number of carbonyl (C=O) groups is 5. The molecule has 2 heterocycles. The van der Waals surface area contributed by atoms with Crippen LogP contribution in [0, 0.1) is 17.3 Å². The molecular formula is C44H70N6O7S. The summed E-state index contributed by atoms with van der Waals surface area (Å²) in [6.07, 6.45) is 7.34. The molecule has 1 saturated heterocycles. The normalized spacial score (nSPS) is 17.2. The Morgan fingerprint density at radius 3 is 2.36 bits per heavy atom. The van der Waals surface area contributed by atoms with E-state index in [1.54, 1.807) is 36.3 Å². The van der Waals surface area contributed by atoms with Crippen molar-refractivity contribution in [2.45, 2.75) is 150 Å². The summed E-state index contributed by atoms with van der Waals surface area (Å²) in [6, 6.07) is 5.85. The number of nitrogens with zero attached hydrogens (tertiary/aromatic N) is 4. The summed E-state index contributed by atoms with van der Waals surface area (Å²) in [5, 5.41) is 14.9. The van der Waals surface area contributed by atoms with Crippen LogP contribution in [0.25, 0.3) is 0 Å². The van der Waals surface area contributed by atoms with Crippen molar-refractivity contribution in [3.8, 4) is 0 Å². The minimum Gasteiger partial charge on any atom is -0.481 e. The molecule has 1 aromatic carbocycles. The molecule has 0 unspecified atom stereocenters. The number of rotatable bonds is 25. The van der Waals surface area contributed by atoms with E-state index >= 15 is 4.79 Å². The van der Waals surface area contributed by atoms with Crippen molar-refractivity contribution >= 4 is 47.2 Å². The van der Waals surface area contributed by atoms with E-state index in [1.165, 1.54) is 18.3 Å². The second-order valence-electron chi connectivity index (χ2n) is 17.2. The Hall–Kier alpha value is -4.04. The average Bonchev–Trinajstić information content (AvgIpc) is 3.83. The Bertz CT molecular complexity index is 1630. The first kappa shape index (κ1) is 48.3. The van der Waals surface area contributed by atoms with Gasteiger partial charge in [-0.25, -0.2) is 4.98 Å². The van der Waals surface area contributed by atoms with Gasteiger partial charge in [-0.3, -0.25) is 24.0 Å². The van der Waals surface area contributed by atoms with Crippen LogP contribution in [0.15, 0.2) is 29.6 Å². The van der Waals surface area contributed by atoms with E-state index in [0.717, 1.165) is 57.0 Å². The number of nitrogens with one attached hydrogen (secondary N) is 1. The van der Waals surface area contributed by atoms with Crippen LogP contribution >= 0.6 is 11.3 Å². The fraction of sp³-hybridized carbons (Fsp3) is 0.682. The molecular weight excluding hydrogens is 757 g/mol. The highest BCUT2D eigenvalue weighted by Crippen LogP contribution is 2.33. The maximum Gasteiger partial charge on any atom is 0.309 e. The summed E-state index contributed by atoms with van der Waals surface area (Å²) in [6.45, 7) is 16.8. The zero-order valence-electron chi connectivity index (χ0n) is 36.4. The number of hydrogen-bond acceptors (Lipinski definition) is 10. The third-order valence-electron chi connectivity index (χ3n) is 11.7. The lowest BCUT2D eigenvalue weighted by Gasteiger charge is -2.42. The Morgan fingerprint density at radius 1 is 1.12 bits per heavy atom. The van der Waals surface area contributed by atoms with Crippen molar-refractivity contribution in [2.24, 2.45) is 17.3 Å². The molecule has 13 nitrogen and oxygen atoms in total. The summed E-state index contributed by atoms with van der Waals surface area (Å²) < 4.78 is 5.93. The largest absolute Gasteiger partial charge is 0.481 e. The number of anilines is 1. The van der Waals surface area contributed by atoms with Gasteiger partial charge in [0.15, 0.2) is 6.10 Å². The lowest BCUT2D eigenvalue weighted by Crippen LogP contribution is -2.57. The zero-order chi connectivity index (χ0) is 43.2. The van der Waals surface area contributed by atoms with Crippen LogP contribution in [0.1, 0.15) is 140 Å². The molecule has 1 aliphatic rings. The highest BCUT2D eigenvalue weighted by atomic mass is 32.1. The lowest BCUT2D eigenvalue weighted by molar-refractivity contribution is -0.151. The lowest BCUT2D eigenvalue weighted by atomic mass is 9.84. The quantitative estimate of drug-likeness (QED) is 0.0411. The van der Waals surface area contributed by atoms with E-state index in [9.17, 15) is 24.3 Å². The number of likely N-dealkylation sites (tertiary alicyclic amines) is 1. The molecule has 0 bridgehead atoms. The summed E-state index contributed by atoms with van der Waals surface area (Å²) in [5.74, 6) is -2.21. The predicted octanol–water partition coefficient (Wildman–Crippen LogP) is 6.96. The predicted molar refractivity (Wildman–Crippen MR) is 229 cm³/mol. The molecule has 4 N–H and O–H groups in total. The Labute approximate surface area is 350 Å². The Kier molecular flexibility index (Phi) is 19.1. The minimum atomic E-state index is -1.12. The molecule has 58 heavy (non-hydrogen) atoms. The molecule has 0 saturated carbocycles. The molecule has 1 aromatic heterocycles. The van der Waals surface area contributed by atoms with Gasteiger partial charge in [-0.1, -0.05) is 72.4 Å². The third-order valence-corrected chi connectivity index (χ3v) is 12.6. The van der Waals surface area contributed by atoms with E-state index in [4.69, 9.17) is 10.5 Å². The highest BCUT2D eigenvalue weighted by Gasteiger charge is 2.40. The molecule has 324 valence electrons. The standard InChI is InChI=1S/C44H70N6O7S/c1-10-12-13-14-22-50(42(54)39(30(5)11-2)49(28-51)26-35-16-15-21-48(35)9)37(29(3)4)24-38(57-31(6)52)41-47-36(27-58-41)40(53)46-34(25-44(7,8)43(55)56)23-32-17-19-33(45)20-18-32/h17-20,27-30,34-35,37-39H,10-16,21-26,45H2,1-9H3,(H,46,53)(H,55,56)/t30-,34-,35-,37+,38+,39-/m0/s1. The smallest absolute Gasteiger partial charge is 0.309 e. The van der Waals surface area contributed by atoms with E-state index in [1.807, 2.05) is 44.7 Å². The van der Waals surface area contributed by atoms with Crippen molar-refractivity contribution < 1.29 is 33.8 Å². The van der Waals surface area contributed by atoms with Crippen LogP contribution in [0.2, 0.25) is 0 Å². The van der Waals surface area contributed by atoms with Crippen molar-refractivity contribution in [2.75, 3.05) is 32.4 Å². The number of unbranched alkanes of at least 4 members (excludes halogenated alkanes) is 3. The van der Waals surface area contributed by atoms with Crippen molar-refractivity contribution in [3.63, 3.8) is 0 Å². The van der Waals surface area contributed by atoms with Crippen LogP contribution in [0.4, 0.5) is 5.69 Å². The topological polar surface area (TPSA) is 175 Å². The van der Waals surface area contributed by atoms with E-state index in [0.29, 0.717) is 36.6 Å². The SMILES string of the molecule is CCCCCCN(C(=O)[C@H]([C@@H](C)CC)N(C=O)C[C@@H]1CCCN1C)[C@H](C[C@@H](OC(C)=O)c1nc(C(=O)N[C@@H](Cc2ccc(N)cc2)CC(C)(C)C(=O)O)cs1)C(C)C. The number of amides is 3. The second kappa shape index (κ2) is 22.9. The molecule has 1 fully saturated rings. The first-order valence-corrected chi connectivity index (χ1v) is 22.0. The van der Waals surface area contributed by atoms with Gasteiger partial charge in [-0.2, -0.15) is 0 Å². The van der Waals surface area contributed by atoms with Gasteiger partial charge in [-0.05, 0) is 89.1 Å². The maximum atomic E-state index is 15.0. The summed E-state index contributed by atoms with van der Waals surface area (Å²) in [4.78, 5) is 76.9. The number of ether oxygens (including phenoxy) is 1. The Morgan fingerprint density at radius 2 is 1.81 bits per heavy atom. The molecule has 0 radical (unpaired) electrons. The van der Waals surface area contributed by atoms with Crippen molar-refractivity contribution in [1.82, 2.24) is 25.0 Å². The number of aliphatic carboxylic acids is 1. The van der Waals surface area contributed by atoms with Gasteiger partial charge in [0.1, 0.15) is 16.7 Å². The number of aromatic nitrogens is 1. The number of esters is 1. The molecule has 0 aliphatic carbocycles. The van der Waals surface area contributed by atoms with Crippen LogP contribution < -0.4 is 11.1 Å². The zero-order valence-corrected chi connectivity index (χ0v) is 37.2. The monoisotopic (exact) mass is 827 g/mol. The fourth-order valence-corrected chi connectivity index (χ4v) is 8.76. The average molecular weight is 827 g/mol. The maximum absolute atomic E-state index is 15.0. The number of carboxylic acid groups (broad SMARTS) is 1.